The lowest BCUT2D eigenvalue weighted by atomic mass is 10.0. The molecule has 1 atom stereocenters. The molecule has 3 heteroatoms. The molecule has 0 heterocycles. The first-order valence-electron chi connectivity index (χ1n) is 8.43. The summed E-state index contributed by atoms with van der Waals surface area (Å²) in [6, 6.07) is 7.21. The molecule has 120 valence electrons. The molecule has 1 unspecified atom stereocenters. The summed E-state index contributed by atoms with van der Waals surface area (Å²) in [6.07, 6.45) is 4.82. The van der Waals surface area contributed by atoms with E-state index in [0.29, 0.717) is 0 Å². The molecule has 21 heavy (non-hydrogen) atoms. The SMILES string of the molecule is CCCCN(CCCC)CC(NCC)c1ccccc1F. The molecule has 0 fully saturated rings. The van der Waals surface area contributed by atoms with E-state index in [4.69, 9.17) is 0 Å². The molecule has 0 aliphatic rings. The fraction of sp³-hybridized carbons (Fsp3) is 0.667. The number of nitrogens with zero attached hydrogens (tertiary/aromatic N) is 1. The van der Waals surface area contributed by atoms with Crippen molar-refractivity contribution in [1.82, 2.24) is 10.2 Å². The molecule has 1 N–H and O–H groups in total. The highest BCUT2D eigenvalue weighted by Crippen LogP contribution is 2.18. The van der Waals surface area contributed by atoms with Crippen LogP contribution in [0, 0.1) is 5.82 Å². The van der Waals surface area contributed by atoms with E-state index in [9.17, 15) is 4.39 Å². The number of hydrogen-bond acceptors (Lipinski definition) is 2. The van der Waals surface area contributed by atoms with Gasteiger partial charge in [0.2, 0.25) is 0 Å². The standard InChI is InChI=1S/C18H31FN2/c1-4-7-13-21(14-8-5-2)15-18(20-6-3)16-11-9-10-12-17(16)19/h9-12,18,20H,4-8,13-15H2,1-3H3. The smallest absolute Gasteiger partial charge is 0.128 e. The predicted octanol–water partition coefficient (Wildman–Crippen LogP) is 4.38. The van der Waals surface area contributed by atoms with Crippen molar-refractivity contribution in [2.24, 2.45) is 0 Å². The molecule has 0 saturated heterocycles. The van der Waals surface area contributed by atoms with Gasteiger partial charge in [0.25, 0.3) is 0 Å². The third-order valence-corrected chi connectivity index (χ3v) is 3.83. The van der Waals surface area contributed by atoms with Crippen LogP contribution in [-0.2, 0) is 0 Å². The average Bonchev–Trinajstić information content (AvgIpc) is 2.49. The summed E-state index contributed by atoms with van der Waals surface area (Å²) >= 11 is 0. The van der Waals surface area contributed by atoms with E-state index in [1.54, 1.807) is 12.1 Å². The maximum Gasteiger partial charge on any atom is 0.128 e. The van der Waals surface area contributed by atoms with Crippen molar-refractivity contribution in [3.05, 3.63) is 35.6 Å². The summed E-state index contributed by atoms with van der Waals surface area (Å²) < 4.78 is 14.1. The summed E-state index contributed by atoms with van der Waals surface area (Å²) in [4.78, 5) is 2.48. The highest BCUT2D eigenvalue weighted by molar-refractivity contribution is 5.21. The summed E-state index contributed by atoms with van der Waals surface area (Å²) in [5.41, 5.74) is 0.789. The van der Waals surface area contributed by atoms with Gasteiger partial charge >= 0.3 is 0 Å². The van der Waals surface area contributed by atoms with Gasteiger partial charge in [-0.15, -0.1) is 0 Å². The average molecular weight is 294 g/mol. The molecule has 0 radical (unpaired) electrons. The minimum Gasteiger partial charge on any atom is -0.309 e. The quantitative estimate of drug-likeness (QED) is 0.651. The van der Waals surface area contributed by atoms with Gasteiger partial charge in [-0.1, -0.05) is 51.8 Å². The van der Waals surface area contributed by atoms with Crippen LogP contribution in [0.2, 0.25) is 0 Å². The van der Waals surface area contributed by atoms with E-state index < -0.39 is 0 Å². The van der Waals surface area contributed by atoms with Crippen LogP contribution in [0.4, 0.5) is 4.39 Å². The normalized spacial score (nSPS) is 12.8. The molecule has 0 aliphatic carbocycles. The second-order valence-corrected chi connectivity index (χ2v) is 5.64. The number of likely N-dealkylation sites (N-methyl/N-ethyl adjacent to an activating group) is 1. The molecule has 0 saturated carbocycles. The van der Waals surface area contributed by atoms with Crippen LogP contribution >= 0.6 is 0 Å². The van der Waals surface area contributed by atoms with Gasteiger partial charge in [-0.25, -0.2) is 4.39 Å². The lowest BCUT2D eigenvalue weighted by molar-refractivity contribution is 0.234. The second-order valence-electron chi connectivity index (χ2n) is 5.64. The molecule has 1 aromatic carbocycles. The van der Waals surface area contributed by atoms with Crippen LogP contribution < -0.4 is 5.32 Å². The van der Waals surface area contributed by atoms with Gasteiger partial charge in [-0.3, -0.25) is 0 Å². The van der Waals surface area contributed by atoms with E-state index >= 15 is 0 Å². The first-order chi connectivity index (χ1) is 10.2. The number of halogens is 1. The first-order valence-corrected chi connectivity index (χ1v) is 8.43. The molecule has 0 spiro atoms. The Kier molecular flexibility index (Phi) is 9.27. The summed E-state index contributed by atoms with van der Waals surface area (Å²) in [5.74, 6) is -0.102. The fourth-order valence-corrected chi connectivity index (χ4v) is 2.59. The van der Waals surface area contributed by atoms with Gasteiger partial charge in [-0.2, -0.15) is 0 Å². The van der Waals surface area contributed by atoms with Gasteiger partial charge < -0.3 is 10.2 Å². The minimum atomic E-state index is -0.102. The lowest BCUT2D eigenvalue weighted by Crippen LogP contribution is -2.36. The van der Waals surface area contributed by atoms with E-state index in [1.807, 2.05) is 12.1 Å². The zero-order valence-corrected chi connectivity index (χ0v) is 13.9. The Labute approximate surface area is 129 Å². The Balaban J connectivity index is 2.75. The number of hydrogen-bond donors (Lipinski definition) is 1. The van der Waals surface area contributed by atoms with Gasteiger partial charge in [0, 0.05) is 18.2 Å². The van der Waals surface area contributed by atoms with Crippen LogP contribution in [-0.4, -0.2) is 31.1 Å². The van der Waals surface area contributed by atoms with E-state index in [0.717, 1.165) is 31.7 Å². The van der Waals surface area contributed by atoms with Crippen LogP contribution in [0.3, 0.4) is 0 Å². The predicted molar refractivity (Wildman–Crippen MR) is 89.1 cm³/mol. The highest BCUT2D eigenvalue weighted by atomic mass is 19.1. The van der Waals surface area contributed by atoms with Gasteiger partial charge in [0.15, 0.2) is 0 Å². The Bertz CT molecular complexity index is 373. The van der Waals surface area contributed by atoms with Crippen molar-refractivity contribution in [3.8, 4) is 0 Å². The number of benzene rings is 1. The molecular formula is C18H31FN2. The zero-order valence-electron chi connectivity index (χ0n) is 13.9. The third-order valence-electron chi connectivity index (χ3n) is 3.83. The molecule has 0 amide bonds. The van der Waals surface area contributed by atoms with Gasteiger partial charge in [0.1, 0.15) is 5.82 Å². The Morgan fingerprint density at radius 3 is 2.19 bits per heavy atom. The van der Waals surface area contributed by atoms with Crippen LogP contribution in [0.25, 0.3) is 0 Å². The highest BCUT2D eigenvalue weighted by Gasteiger charge is 2.17. The summed E-state index contributed by atoms with van der Waals surface area (Å²) in [7, 11) is 0. The monoisotopic (exact) mass is 294 g/mol. The first kappa shape index (κ1) is 18.1. The second kappa shape index (κ2) is 10.7. The Hall–Kier alpha value is -0.930. The molecular weight excluding hydrogens is 263 g/mol. The molecule has 1 rings (SSSR count). The molecule has 2 nitrogen and oxygen atoms in total. The van der Waals surface area contributed by atoms with Crippen molar-refractivity contribution < 1.29 is 4.39 Å². The fourth-order valence-electron chi connectivity index (χ4n) is 2.59. The maximum absolute atomic E-state index is 14.1. The van der Waals surface area contributed by atoms with Crippen LogP contribution in [0.15, 0.2) is 24.3 Å². The molecule has 0 aliphatic heterocycles. The van der Waals surface area contributed by atoms with Crippen LogP contribution in [0.5, 0.6) is 0 Å². The zero-order chi connectivity index (χ0) is 15.5. The maximum atomic E-state index is 14.1. The Morgan fingerprint density at radius 1 is 1.05 bits per heavy atom. The lowest BCUT2D eigenvalue weighted by Gasteiger charge is -2.28. The number of unbranched alkanes of at least 4 members (excludes halogenated alkanes) is 2. The van der Waals surface area contributed by atoms with Crippen molar-refractivity contribution >= 4 is 0 Å². The molecule has 0 aromatic heterocycles. The number of rotatable bonds is 11. The van der Waals surface area contributed by atoms with Gasteiger partial charge in [-0.05, 0) is 38.5 Å². The van der Waals surface area contributed by atoms with Crippen molar-refractivity contribution in [3.63, 3.8) is 0 Å². The molecule has 1 aromatic rings. The van der Waals surface area contributed by atoms with Crippen molar-refractivity contribution in [1.29, 1.82) is 0 Å². The van der Waals surface area contributed by atoms with Gasteiger partial charge in [0.05, 0.1) is 0 Å². The summed E-state index contributed by atoms with van der Waals surface area (Å²) in [6.45, 7) is 10.5. The summed E-state index contributed by atoms with van der Waals surface area (Å²) in [5, 5.41) is 3.44. The van der Waals surface area contributed by atoms with E-state index in [1.165, 1.54) is 25.7 Å². The van der Waals surface area contributed by atoms with E-state index in [-0.39, 0.29) is 11.9 Å². The van der Waals surface area contributed by atoms with E-state index in [2.05, 4.69) is 31.0 Å². The molecule has 0 bridgehead atoms. The third kappa shape index (κ3) is 6.58. The minimum absolute atomic E-state index is 0.0740. The van der Waals surface area contributed by atoms with Crippen molar-refractivity contribution in [2.45, 2.75) is 52.5 Å². The topological polar surface area (TPSA) is 15.3 Å². The largest absolute Gasteiger partial charge is 0.309 e. The van der Waals surface area contributed by atoms with Crippen LogP contribution in [0.1, 0.15) is 58.1 Å². The number of nitrogens with one attached hydrogen (secondary N) is 1. The Morgan fingerprint density at radius 2 is 1.67 bits per heavy atom. The van der Waals surface area contributed by atoms with Crippen molar-refractivity contribution in [2.75, 3.05) is 26.2 Å².